The van der Waals surface area contributed by atoms with Gasteiger partial charge in [-0.2, -0.15) is 12.5 Å². The molecule has 1 radical (unpaired) electrons. The van der Waals surface area contributed by atoms with Crippen LogP contribution < -0.4 is 0 Å². The first kappa shape index (κ1) is 9.05. The third-order valence-corrected chi connectivity index (χ3v) is 0.834. The molecule has 0 bridgehead atoms. The predicted molar refractivity (Wildman–Crippen MR) is 31.2 cm³/mol. The quantitative estimate of drug-likeness (QED) is 0.577. The summed E-state index contributed by atoms with van der Waals surface area (Å²) in [6, 6.07) is 0. The molecule has 0 fully saturated rings. The van der Waals surface area contributed by atoms with E-state index >= 15 is 0 Å². The van der Waals surface area contributed by atoms with Crippen molar-refractivity contribution in [3.8, 4) is 0 Å². The summed E-state index contributed by atoms with van der Waals surface area (Å²) in [5.41, 5.74) is 0.857. The molecule has 3 heteroatoms. The molecule has 1 aromatic rings. The van der Waals surface area contributed by atoms with Gasteiger partial charge in [-0.1, -0.05) is 12.4 Å². The molecule has 1 heterocycles. The monoisotopic (exact) mass is 196 g/mol. The van der Waals surface area contributed by atoms with Crippen molar-refractivity contribution >= 4 is 0 Å². The first-order valence-corrected chi connectivity index (χ1v) is 2.39. The molecule has 0 aromatic carbocycles. The van der Waals surface area contributed by atoms with Crippen molar-refractivity contribution in [1.29, 1.82) is 0 Å². The second-order valence-electron chi connectivity index (χ2n) is 1.64. The molecule has 0 spiro atoms. The molecule has 0 amide bonds. The number of aryl methyl sites for hydroxylation is 1. The largest absolute Gasteiger partial charge is 0.308 e. The summed E-state index contributed by atoms with van der Waals surface area (Å²) in [6.45, 7) is 5.48. The molecule has 0 saturated heterocycles. The van der Waals surface area contributed by atoms with Crippen molar-refractivity contribution in [2.75, 3.05) is 0 Å². The SMILES string of the molecule is [CH2-]c1cnc(C)nc1.[Y]. The number of rotatable bonds is 0. The van der Waals surface area contributed by atoms with E-state index < -0.39 is 0 Å². The fourth-order valence-electron chi connectivity index (χ4n) is 0.419. The van der Waals surface area contributed by atoms with Crippen LogP contribution in [0.1, 0.15) is 11.4 Å². The predicted octanol–water partition coefficient (Wildman–Crippen LogP) is 0.965. The van der Waals surface area contributed by atoms with E-state index in [0.717, 1.165) is 11.4 Å². The van der Waals surface area contributed by atoms with Gasteiger partial charge in [-0.05, 0) is 6.92 Å². The molecular weight excluding hydrogens is 189 g/mol. The van der Waals surface area contributed by atoms with Crippen molar-refractivity contribution in [3.63, 3.8) is 0 Å². The standard InChI is InChI=1S/C6H7N2.Y/c1-5-3-7-6(2)8-4-5;/h3-4H,1H2,2H3;/q-1;. The Labute approximate surface area is 80.0 Å². The maximum atomic E-state index is 3.91. The van der Waals surface area contributed by atoms with Crippen LogP contribution in [0.15, 0.2) is 12.4 Å². The minimum atomic E-state index is 0. The van der Waals surface area contributed by atoms with Gasteiger partial charge in [-0.3, -0.25) is 0 Å². The van der Waals surface area contributed by atoms with Gasteiger partial charge in [0.25, 0.3) is 0 Å². The van der Waals surface area contributed by atoms with Gasteiger partial charge in [-0.25, -0.2) is 0 Å². The van der Waals surface area contributed by atoms with E-state index in [1.807, 2.05) is 6.92 Å². The first-order valence-electron chi connectivity index (χ1n) is 2.39. The molecule has 0 N–H and O–H groups in total. The molecule has 1 rings (SSSR count). The molecule has 0 atom stereocenters. The van der Waals surface area contributed by atoms with Gasteiger partial charge >= 0.3 is 0 Å². The van der Waals surface area contributed by atoms with E-state index in [-0.39, 0.29) is 32.7 Å². The third kappa shape index (κ3) is 2.92. The molecule has 9 heavy (non-hydrogen) atoms. The average Bonchev–Trinajstić information content (AvgIpc) is 1.77. The van der Waals surface area contributed by atoms with E-state index in [0.29, 0.717) is 0 Å². The number of aromatic nitrogens is 2. The van der Waals surface area contributed by atoms with Crippen LogP contribution in [-0.4, -0.2) is 9.97 Å². The molecular formula is C6H7N2Y-. The third-order valence-electron chi connectivity index (χ3n) is 0.834. The summed E-state index contributed by atoms with van der Waals surface area (Å²) in [5, 5.41) is 0. The van der Waals surface area contributed by atoms with E-state index in [2.05, 4.69) is 16.9 Å². The summed E-state index contributed by atoms with van der Waals surface area (Å²) in [7, 11) is 0. The van der Waals surface area contributed by atoms with Crippen LogP contribution in [0.25, 0.3) is 0 Å². The van der Waals surface area contributed by atoms with Crippen LogP contribution >= 0.6 is 0 Å². The maximum absolute atomic E-state index is 3.91. The molecule has 2 nitrogen and oxygen atoms in total. The Balaban J connectivity index is 0.000000640. The van der Waals surface area contributed by atoms with E-state index in [1.165, 1.54) is 0 Å². The van der Waals surface area contributed by atoms with E-state index in [4.69, 9.17) is 0 Å². The van der Waals surface area contributed by atoms with Crippen LogP contribution in [0.4, 0.5) is 0 Å². The number of hydrogen-bond donors (Lipinski definition) is 0. The fourth-order valence-corrected chi connectivity index (χ4v) is 0.419. The van der Waals surface area contributed by atoms with Gasteiger partial charge in [0, 0.05) is 32.7 Å². The van der Waals surface area contributed by atoms with E-state index in [9.17, 15) is 0 Å². The second kappa shape index (κ2) is 3.96. The minimum absolute atomic E-state index is 0. The zero-order chi connectivity index (χ0) is 5.98. The van der Waals surface area contributed by atoms with Crippen LogP contribution in [0.3, 0.4) is 0 Å². The fraction of sp³-hybridized carbons (Fsp3) is 0.167. The van der Waals surface area contributed by atoms with Gasteiger partial charge in [0.2, 0.25) is 0 Å². The van der Waals surface area contributed by atoms with Gasteiger partial charge in [0.1, 0.15) is 0 Å². The Bertz CT molecular complexity index is 150. The molecule has 0 aliphatic carbocycles. The average molecular weight is 196 g/mol. The Morgan fingerprint density at radius 3 is 2.11 bits per heavy atom. The van der Waals surface area contributed by atoms with Gasteiger partial charge in [-0.15, -0.1) is 0 Å². The number of nitrogens with zero attached hydrogens (tertiary/aromatic N) is 2. The van der Waals surface area contributed by atoms with Crippen molar-refractivity contribution < 1.29 is 32.7 Å². The summed E-state index contributed by atoms with van der Waals surface area (Å²) in [5.74, 6) is 0.789. The Morgan fingerprint density at radius 1 is 1.33 bits per heavy atom. The summed E-state index contributed by atoms with van der Waals surface area (Å²) in [6.07, 6.45) is 3.39. The molecule has 0 aliphatic heterocycles. The zero-order valence-electron chi connectivity index (χ0n) is 5.33. The van der Waals surface area contributed by atoms with Gasteiger partial charge < -0.3 is 9.97 Å². The van der Waals surface area contributed by atoms with Crippen LogP contribution in [0, 0.1) is 13.8 Å². The molecule has 0 unspecified atom stereocenters. The summed E-state index contributed by atoms with van der Waals surface area (Å²) >= 11 is 0. The van der Waals surface area contributed by atoms with Crippen molar-refractivity contribution in [3.05, 3.63) is 30.7 Å². The first-order chi connectivity index (χ1) is 3.79. The Kier molecular flexibility index (Phi) is 3.99. The van der Waals surface area contributed by atoms with Crippen molar-refractivity contribution in [2.24, 2.45) is 0 Å². The van der Waals surface area contributed by atoms with Crippen molar-refractivity contribution in [2.45, 2.75) is 6.92 Å². The summed E-state index contributed by atoms with van der Waals surface area (Å²) < 4.78 is 0. The summed E-state index contributed by atoms with van der Waals surface area (Å²) in [4.78, 5) is 7.81. The molecule has 45 valence electrons. The van der Waals surface area contributed by atoms with Crippen LogP contribution in [0.2, 0.25) is 0 Å². The van der Waals surface area contributed by atoms with E-state index in [1.54, 1.807) is 12.4 Å². The smallest absolute Gasteiger partial charge is 0.0987 e. The number of hydrogen-bond acceptors (Lipinski definition) is 2. The maximum Gasteiger partial charge on any atom is 0.0987 e. The van der Waals surface area contributed by atoms with Gasteiger partial charge in [0.15, 0.2) is 0 Å². The van der Waals surface area contributed by atoms with Gasteiger partial charge in [0.05, 0.1) is 5.82 Å². The topological polar surface area (TPSA) is 25.8 Å². The molecule has 0 aliphatic rings. The second-order valence-corrected chi connectivity index (χ2v) is 1.64. The Hall–Kier alpha value is 0.0539. The molecule has 0 saturated carbocycles. The van der Waals surface area contributed by atoms with Crippen molar-refractivity contribution in [1.82, 2.24) is 9.97 Å². The Morgan fingerprint density at radius 2 is 1.78 bits per heavy atom. The minimum Gasteiger partial charge on any atom is -0.308 e. The van der Waals surface area contributed by atoms with Crippen LogP contribution in [0.5, 0.6) is 0 Å². The normalized spacial score (nSPS) is 8.11. The molecule has 1 aromatic heterocycles. The van der Waals surface area contributed by atoms with Crippen LogP contribution in [-0.2, 0) is 32.7 Å². The zero-order valence-corrected chi connectivity index (χ0v) is 8.17.